The van der Waals surface area contributed by atoms with Gasteiger partial charge in [-0.05, 0) is 60.6 Å². The van der Waals surface area contributed by atoms with Crippen LogP contribution in [0.1, 0.15) is 57.2 Å². The lowest BCUT2D eigenvalue weighted by Gasteiger charge is -2.35. The predicted octanol–water partition coefficient (Wildman–Crippen LogP) is 3.72. The molecule has 2 heteroatoms. The molecule has 0 radical (unpaired) electrons. The molecule has 2 rings (SSSR count). The highest BCUT2D eigenvalue weighted by atomic mass is 14.7. The minimum absolute atomic E-state index is 0.188. The zero-order valence-corrected chi connectivity index (χ0v) is 11.9. The Morgan fingerprint density at radius 1 is 1.28 bits per heavy atom. The summed E-state index contributed by atoms with van der Waals surface area (Å²) < 4.78 is 0. The van der Waals surface area contributed by atoms with Gasteiger partial charge in [-0.3, -0.25) is 4.98 Å². The van der Waals surface area contributed by atoms with E-state index in [-0.39, 0.29) is 6.04 Å². The Morgan fingerprint density at radius 3 is 2.56 bits per heavy atom. The first-order valence-corrected chi connectivity index (χ1v) is 7.30. The van der Waals surface area contributed by atoms with Gasteiger partial charge in [-0.25, -0.2) is 0 Å². The van der Waals surface area contributed by atoms with Gasteiger partial charge in [-0.1, -0.05) is 20.8 Å². The summed E-state index contributed by atoms with van der Waals surface area (Å²) in [7, 11) is 0. The molecular weight excluding hydrogens is 220 g/mol. The van der Waals surface area contributed by atoms with Crippen molar-refractivity contribution >= 4 is 0 Å². The molecule has 1 heterocycles. The van der Waals surface area contributed by atoms with Gasteiger partial charge in [0.2, 0.25) is 0 Å². The van der Waals surface area contributed by atoms with Gasteiger partial charge in [0.15, 0.2) is 0 Å². The van der Waals surface area contributed by atoms with Crippen molar-refractivity contribution in [3.05, 3.63) is 29.6 Å². The highest BCUT2D eigenvalue weighted by molar-refractivity contribution is 5.27. The molecule has 18 heavy (non-hydrogen) atoms. The monoisotopic (exact) mass is 246 g/mol. The molecule has 1 fully saturated rings. The largest absolute Gasteiger partial charge is 0.324 e. The number of hydrogen-bond acceptors (Lipinski definition) is 2. The van der Waals surface area contributed by atoms with Gasteiger partial charge >= 0.3 is 0 Å². The van der Waals surface area contributed by atoms with Crippen molar-refractivity contribution in [1.29, 1.82) is 0 Å². The van der Waals surface area contributed by atoms with Crippen molar-refractivity contribution in [3.8, 4) is 0 Å². The molecule has 0 aliphatic heterocycles. The topological polar surface area (TPSA) is 38.9 Å². The summed E-state index contributed by atoms with van der Waals surface area (Å²) in [6, 6.07) is 2.31. The third kappa shape index (κ3) is 2.92. The number of pyridine rings is 1. The molecule has 3 atom stereocenters. The Morgan fingerprint density at radius 2 is 1.94 bits per heavy atom. The fourth-order valence-electron chi connectivity index (χ4n) is 3.61. The molecule has 1 aliphatic rings. The van der Waals surface area contributed by atoms with E-state index in [0.29, 0.717) is 5.92 Å². The van der Waals surface area contributed by atoms with Gasteiger partial charge in [0.25, 0.3) is 0 Å². The van der Waals surface area contributed by atoms with Gasteiger partial charge in [-0.15, -0.1) is 0 Å². The minimum atomic E-state index is 0.188. The number of rotatable bonds is 3. The number of aromatic nitrogens is 1. The van der Waals surface area contributed by atoms with Crippen molar-refractivity contribution in [1.82, 2.24) is 4.98 Å². The minimum Gasteiger partial charge on any atom is -0.324 e. The van der Waals surface area contributed by atoms with E-state index in [0.717, 1.165) is 18.3 Å². The second kappa shape index (κ2) is 5.83. The lowest BCUT2D eigenvalue weighted by atomic mass is 9.72. The van der Waals surface area contributed by atoms with E-state index < -0.39 is 0 Å². The molecule has 1 saturated carbocycles. The third-order valence-electron chi connectivity index (χ3n) is 4.40. The average Bonchev–Trinajstić information content (AvgIpc) is 2.36. The van der Waals surface area contributed by atoms with Crippen molar-refractivity contribution in [3.63, 3.8) is 0 Å². The molecule has 100 valence electrons. The Hall–Kier alpha value is -0.890. The van der Waals surface area contributed by atoms with E-state index in [9.17, 15) is 0 Å². The maximum Gasteiger partial charge on any atom is 0.0327 e. The molecule has 1 aromatic rings. The van der Waals surface area contributed by atoms with Gasteiger partial charge in [-0.2, -0.15) is 0 Å². The maximum atomic E-state index is 6.54. The zero-order chi connectivity index (χ0) is 13.1. The second-order valence-electron chi connectivity index (χ2n) is 6.13. The van der Waals surface area contributed by atoms with E-state index in [1.54, 1.807) is 0 Å². The van der Waals surface area contributed by atoms with Crippen LogP contribution in [0, 0.1) is 17.8 Å². The third-order valence-corrected chi connectivity index (χ3v) is 4.40. The summed E-state index contributed by atoms with van der Waals surface area (Å²) in [5.74, 6) is 2.27. The molecule has 3 unspecified atom stereocenters. The quantitative estimate of drug-likeness (QED) is 0.883. The van der Waals surface area contributed by atoms with Crippen LogP contribution in [0.25, 0.3) is 0 Å². The average molecular weight is 246 g/mol. The molecule has 0 spiro atoms. The van der Waals surface area contributed by atoms with Crippen LogP contribution in [-0.4, -0.2) is 4.98 Å². The van der Waals surface area contributed by atoms with Crippen LogP contribution in [0.15, 0.2) is 18.5 Å². The summed E-state index contributed by atoms with van der Waals surface area (Å²) in [5.41, 5.74) is 9.18. The van der Waals surface area contributed by atoms with Crippen LogP contribution in [0.2, 0.25) is 0 Å². The Kier molecular flexibility index (Phi) is 4.39. The normalized spacial score (nSPS) is 30.1. The zero-order valence-electron chi connectivity index (χ0n) is 11.9. The highest BCUT2D eigenvalue weighted by Crippen LogP contribution is 2.39. The van der Waals surface area contributed by atoms with Crippen molar-refractivity contribution in [2.45, 2.75) is 52.5 Å². The van der Waals surface area contributed by atoms with Crippen LogP contribution in [0.5, 0.6) is 0 Å². The highest BCUT2D eigenvalue weighted by Gasteiger charge is 2.29. The Labute approximate surface area is 111 Å². The Bertz CT molecular complexity index is 378. The van der Waals surface area contributed by atoms with Crippen LogP contribution >= 0.6 is 0 Å². The first-order valence-electron chi connectivity index (χ1n) is 7.30. The van der Waals surface area contributed by atoms with Crippen molar-refractivity contribution in [2.75, 3.05) is 0 Å². The molecule has 0 bridgehead atoms. The fourth-order valence-corrected chi connectivity index (χ4v) is 3.61. The van der Waals surface area contributed by atoms with E-state index in [1.165, 1.54) is 30.4 Å². The maximum absolute atomic E-state index is 6.54. The molecule has 2 N–H and O–H groups in total. The predicted molar refractivity (Wildman–Crippen MR) is 76.2 cm³/mol. The van der Waals surface area contributed by atoms with E-state index in [4.69, 9.17) is 5.73 Å². The molecule has 0 amide bonds. The Balaban J connectivity index is 2.17. The van der Waals surface area contributed by atoms with E-state index in [1.807, 2.05) is 12.4 Å². The summed E-state index contributed by atoms with van der Waals surface area (Å²) in [5, 5.41) is 0. The van der Waals surface area contributed by atoms with Crippen LogP contribution in [0.3, 0.4) is 0 Å². The van der Waals surface area contributed by atoms with Crippen LogP contribution in [0.4, 0.5) is 0 Å². The molecule has 0 saturated heterocycles. The molecule has 2 nitrogen and oxygen atoms in total. The summed E-state index contributed by atoms with van der Waals surface area (Å²) >= 11 is 0. The molecule has 0 aromatic carbocycles. The van der Waals surface area contributed by atoms with E-state index in [2.05, 4.69) is 31.8 Å². The lowest BCUT2D eigenvalue weighted by Crippen LogP contribution is -2.30. The number of hydrogen-bond donors (Lipinski definition) is 1. The van der Waals surface area contributed by atoms with Crippen LogP contribution < -0.4 is 5.73 Å². The first-order chi connectivity index (χ1) is 8.61. The number of nitrogens with two attached hydrogens (primary N) is 1. The van der Waals surface area contributed by atoms with Gasteiger partial charge < -0.3 is 5.73 Å². The molecular formula is C16H26N2. The van der Waals surface area contributed by atoms with Gasteiger partial charge in [0.05, 0.1) is 0 Å². The number of nitrogens with zero attached hydrogens (tertiary/aromatic N) is 1. The van der Waals surface area contributed by atoms with Crippen LogP contribution in [-0.2, 0) is 6.42 Å². The van der Waals surface area contributed by atoms with E-state index >= 15 is 0 Å². The summed E-state index contributed by atoms with van der Waals surface area (Å²) in [4.78, 5) is 4.22. The summed E-state index contributed by atoms with van der Waals surface area (Å²) in [6.45, 7) is 6.91. The standard InChI is InChI=1S/C16H26N2/c1-4-13-10-18-6-5-15(13)16(17)14-8-11(2)7-12(3)9-14/h5-6,10-12,14,16H,4,7-9,17H2,1-3H3. The molecule has 1 aliphatic carbocycles. The second-order valence-corrected chi connectivity index (χ2v) is 6.13. The number of aryl methyl sites for hydroxylation is 1. The molecule has 1 aromatic heterocycles. The SMILES string of the molecule is CCc1cnccc1C(N)C1CC(C)CC(C)C1. The van der Waals surface area contributed by atoms with Crippen molar-refractivity contribution < 1.29 is 0 Å². The van der Waals surface area contributed by atoms with Gasteiger partial charge in [0, 0.05) is 18.4 Å². The fraction of sp³-hybridized carbons (Fsp3) is 0.688. The first kappa shape index (κ1) is 13.5. The van der Waals surface area contributed by atoms with Crippen molar-refractivity contribution in [2.24, 2.45) is 23.5 Å². The van der Waals surface area contributed by atoms with Gasteiger partial charge in [0.1, 0.15) is 0 Å². The lowest BCUT2D eigenvalue weighted by molar-refractivity contribution is 0.193. The smallest absolute Gasteiger partial charge is 0.0327 e. The summed E-state index contributed by atoms with van der Waals surface area (Å²) in [6.07, 6.45) is 8.79.